The predicted molar refractivity (Wildman–Crippen MR) is 84.2 cm³/mol. The van der Waals surface area contributed by atoms with Gasteiger partial charge in [0.15, 0.2) is 5.13 Å². The van der Waals surface area contributed by atoms with Crippen molar-refractivity contribution in [2.45, 2.75) is 32.6 Å². The second-order valence-electron chi connectivity index (χ2n) is 5.67. The zero-order chi connectivity index (χ0) is 14.9. The lowest BCUT2D eigenvalue weighted by Crippen LogP contribution is -2.14. The predicted octanol–water partition coefficient (Wildman–Crippen LogP) is 4.14. The van der Waals surface area contributed by atoms with Crippen LogP contribution >= 0.6 is 22.9 Å². The van der Waals surface area contributed by atoms with E-state index in [4.69, 9.17) is 22.6 Å². The molecule has 1 heterocycles. The van der Waals surface area contributed by atoms with Gasteiger partial charge in [-0.05, 0) is 23.8 Å². The van der Waals surface area contributed by atoms with Crippen LogP contribution in [0.15, 0.2) is 18.2 Å². The fourth-order valence-electron chi connectivity index (χ4n) is 2.03. The number of benzene rings is 1. The molecule has 0 saturated carbocycles. The lowest BCUT2D eigenvalue weighted by atomic mass is 9.90. The third-order valence-corrected chi connectivity index (χ3v) is 4.20. The second kappa shape index (κ2) is 5.43. The summed E-state index contributed by atoms with van der Waals surface area (Å²) >= 11 is 7.70. The largest absolute Gasteiger partial charge is 0.375 e. The first-order valence-electron chi connectivity index (χ1n) is 6.25. The van der Waals surface area contributed by atoms with E-state index in [9.17, 15) is 0 Å². The molecule has 0 fully saturated rings. The lowest BCUT2D eigenvalue weighted by molar-refractivity contribution is 0.568. The van der Waals surface area contributed by atoms with Gasteiger partial charge in [-0.25, -0.2) is 4.98 Å². The molecule has 0 spiro atoms. The Balaban J connectivity index is 2.43. The molecule has 0 aliphatic heterocycles. The molecule has 5 heteroatoms. The molecule has 104 valence electrons. The number of nitrogens with zero attached hydrogens (tertiary/aromatic N) is 2. The van der Waals surface area contributed by atoms with Crippen molar-refractivity contribution in [1.82, 2.24) is 4.98 Å². The summed E-state index contributed by atoms with van der Waals surface area (Å²) in [5.41, 5.74) is 8.32. The zero-order valence-corrected chi connectivity index (χ0v) is 13.3. The van der Waals surface area contributed by atoms with E-state index in [0.29, 0.717) is 22.1 Å². The van der Waals surface area contributed by atoms with Crippen LogP contribution in [0.1, 0.15) is 42.5 Å². The van der Waals surface area contributed by atoms with E-state index < -0.39 is 0 Å². The van der Waals surface area contributed by atoms with Crippen LogP contribution in [0.2, 0.25) is 5.02 Å². The Morgan fingerprint density at radius 3 is 2.70 bits per heavy atom. The smallest absolute Gasteiger partial charge is 0.180 e. The number of hydrogen-bond acceptors (Lipinski definition) is 4. The van der Waals surface area contributed by atoms with Gasteiger partial charge in [0.25, 0.3) is 0 Å². The zero-order valence-electron chi connectivity index (χ0n) is 11.7. The maximum absolute atomic E-state index is 8.98. The third-order valence-electron chi connectivity index (χ3n) is 2.95. The molecule has 0 bridgehead atoms. The number of thiazole rings is 1. The van der Waals surface area contributed by atoms with Crippen molar-refractivity contribution in [3.8, 4) is 6.07 Å². The minimum Gasteiger partial charge on any atom is -0.375 e. The molecule has 1 aromatic heterocycles. The molecule has 0 aliphatic rings. The van der Waals surface area contributed by atoms with Crippen molar-refractivity contribution in [1.29, 1.82) is 5.26 Å². The maximum atomic E-state index is 8.98. The molecule has 0 aliphatic carbocycles. The van der Waals surface area contributed by atoms with Crippen molar-refractivity contribution in [3.05, 3.63) is 44.9 Å². The number of aromatic nitrogens is 1. The molecule has 0 unspecified atom stereocenters. The Hall–Kier alpha value is -1.57. The summed E-state index contributed by atoms with van der Waals surface area (Å²) in [6.45, 7) is 6.33. The average Bonchev–Trinajstić information content (AvgIpc) is 2.73. The number of nitriles is 1. The summed E-state index contributed by atoms with van der Waals surface area (Å²) in [5.74, 6) is 0. The molecular formula is C15H16ClN3S. The average molecular weight is 306 g/mol. The summed E-state index contributed by atoms with van der Waals surface area (Å²) in [4.78, 5) is 5.54. The van der Waals surface area contributed by atoms with E-state index in [0.717, 1.165) is 16.1 Å². The molecule has 1 aromatic carbocycles. The van der Waals surface area contributed by atoms with E-state index in [1.165, 1.54) is 11.3 Å². The molecule has 2 rings (SSSR count). The van der Waals surface area contributed by atoms with Crippen LogP contribution in [-0.2, 0) is 11.8 Å². The molecule has 2 N–H and O–H groups in total. The van der Waals surface area contributed by atoms with Gasteiger partial charge in [0.1, 0.15) is 0 Å². The number of anilines is 1. The van der Waals surface area contributed by atoms with Crippen molar-refractivity contribution in [3.63, 3.8) is 0 Å². The third kappa shape index (κ3) is 3.12. The van der Waals surface area contributed by atoms with Gasteiger partial charge in [0, 0.05) is 21.7 Å². The van der Waals surface area contributed by atoms with Gasteiger partial charge < -0.3 is 5.73 Å². The van der Waals surface area contributed by atoms with Crippen molar-refractivity contribution >= 4 is 28.1 Å². The Bertz CT molecular complexity index is 677. The summed E-state index contributed by atoms with van der Waals surface area (Å²) in [6, 6.07) is 7.44. The van der Waals surface area contributed by atoms with Gasteiger partial charge in [-0.1, -0.05) is 32.4 Å². The van der Waals surface area contributed by atoms with Crippen LogP contribution in [0.5, 0.6) is 0 Å². The maximum Gasteiger partial charge on any atom is 0.180 e. The van der Waals surface area contributed by atoms with Gasteiger partial charge in [0.2, 0.25) is 0 Å². The fourth-order valence-corrected chi connectivity index (χ4v) is 3.28. The topological polar surface area (TPSA) is 62.7 Å². The Kier molecular flexibility index (Phi) is 4.03. The monoisotopic (exact) mass is 305 g/mol. The number of hydrogen-bond donors (Lipinski definition) is 1. The molecule has 20 heavy (non-hydrogen) atoms. The van der Waals surface area contributed by atoms with E-state index in [1.807, 2.05) is 6.07 Å². The number of rotatable bonds is 2. The van der Waals surface area contributed by atoms with Crippen LogP contribution in [-0.4, -0.2) is 4.98 Å². The number of nitrogen functional groups attached to an aromatic ring is 1. The van der Waals surface area contributed by atoms with Gasteiger partial charge in [-0.3, -0.25) is 0 Å². The Labute approximate surface area is 128 Å². The molecule has 0 saturated heterocycles. The van der Waals surface area contributed by atoms with Crippen molar-refractivity contribution in [2.24, 2.45) is 0 Å². The van der Waals surface area contributed by atoms with E-state index in [2.05, 4.69) is 31.8 Å². The van der Waals surface area contributed by atoms with Crippen LogP contribution in [0, 0.1) is 11.3 Å². The summed E-state index contributed by atoms with van der Waals surface area (Å²) in [7, 11) is 0. The van der Waals surface area contributed by atoms with Crippen LogP contribution in [0.25, 0.3) is 0 Å². The Morgan fingerprint density at radius 1 is 1.40 bits per heavy atom. The highest BCUT2D eigenvalue weighted by atomic mass is 35.5. The molecular weight excluding hydrogens is 290 g/mol. The first-order valence-corrected chi connectivity index (χ1v) is 7.45. The summed E-state index contributed by atoms with van der Waals surface area (Å²) < 4.78 is 0. The summed E-state index contributed by atoms with van der Waals surface area (Å²) in [5, 5.41) is 10.2. The lowest BCUT2D eigenvalue weighted by Gasteiger charge is -2.17. The second-order valence-corrected chi connectivity index (χ2v) is 7.19. The molecule has 0 amide bonds. The molecule has 2 aromatic rings. The van der Waals surface area contributed by atoms with E-state index >= 15 is 0 Å². The van der Waals surface area contributed by atoms with Gasteiger partial charge >= 0.3 is 0 Å². The van der Waals surface area contributed by atoms with Crippen LogP contribution in [0.4, 0.5) is 5.13 Å². The van der Waals surface area contributed by atoms with Gasteiger partial charge in [-0.2, -0.15) is 5.26 Å². The highest BCUT2D eigenvalue weighted by Crippen LogP contribution is 2.33. The quantitative estimate of drug-likeness (QED) is 0.907. The van der Waals surface area contributed by atoms with E-state index in [-0.39, 0.29) is 5.41 Å². The SMILES string of the molecule is CC(C)(C)c1nc(N)sc1Cc1cc(C#N)ccc1Cl. The van der Waals surface area contributed by atoms with Crippen molar-refractivity contribution < 1.29 is 0 Å². The molecule has 0 atom stereocenters. The van der Waals surface area contributed by atoms with Gasteiger partial charge in [0.05, 0.1) is 17.3 Å². The van der Waals surface area contributed by atoms with Crippen LogP contribution in [0.3, 0.4) is 0 Å². The molecule has 0 radical (unpaired) electrons. The normalized spacial score (nSPS) is 11.3. The van der Waals surface area contributed by atoms with Gasteiger partial charge in [-0.15, -0.1) is 11.3 Å². The number of nitrogens with two attached hydrogens (primary N) is 1. The van der Waals surface area contributed by atoms with E-state index in [1.54, 1.807) is 12.1 Å². The minimum absolute atomic E-state index is 0.0667. The first-order chi connectivity index (χ1) is 9.31. The first kappa shape index (κ1) is 14.8. The van der Waals surface area contributed by atoms with Crippen LogP contribution < -0.4 is 5.73 Å². The minimum atomic E-state index is -0.0667. The van der Waals surface area contributed by atoms with Crippen molar-refractivity contribution in [2.75, 3.05) is 5.73 Å². The fraction of sp³-hybridized carbons (Fsp3) is 0.333. The Morgan fingerprint density at radius 2 is 2.10 bits per heavy atom. The highest BCUT2D eigenvalue weighted by Gasteiger charge is 2.23. The number of halogens is 1. The molecule has 3 nitrogen and oxygen atoms in total. The summed E-state index contributed by atoms with van der Waals surface area (Å²) in [6.07, 6.45) is 0.649. The highest BCUT2D eigenvalue weighted by molar-refractivity contribution is 7.15. The standard InChI is InChI=1S/C15H16ClN3S/c1-15(2,3)13-12(20-14(18)19-13)7-10-6-9(8-17)4-5-11(10)16/h4-6H,7H2,1-3H3,(H2,18,19).